The molecule has 0 bridgehead atoms. The molecular formula is C27H30N2O4. The first-order chi connectivity index (χ1) is 16.0. The summed E-state index contributed by atoms with van der Waals surface area (Å²) < 4.78 is 10.6. The summed E-state index contributed by atoms with van der Waals surface area (Å²) >= 11 is 0. The number of benzene rings is 3. The quantitative estimate of drug-likeness (QED) is 0.516. The van der Waals surface area contributed by atoms with Gasteiger partial charge in [0.1, 0.15) is 17.5 Å². The van der Waals surface area contributed by atoms with E-state index >= 15 is 0 Å². The third-order valence-electron chi connectivity index (χ3n) is 5.52. The minimum atomic E-state index is -0.658. The monoisotopic (exact) mass is 446 g/mol. The number of ether oxygens (including phenoxy) is 2. The van der Waals surface area contributed by atoms with Crippen LogP contribution in [0.3, 0.4) is 0 Å². The van der Waals surface area contributed by atoms with Crippen molar-refractivity contribution >= 4 is 11.8 Å². The maximum atomic E-state index is 13.6. The molecular weight excluding hydrogens is 416 g/mol. The Balaban J connectivity index is 1.93. The maximum Gasteiger partial charge on any atom is 0.242 e. The summed E-state index contributed by atoms with van der Waals surface area (Å²) in [5.74, 6) is 1.10. The number of nitrogens with zero attached hydrogens (tertiary/aromatic N) is 1. The lowest BCUT2D eigenvalue weighted by Gasteiger charge is -2.31. The number of amides is 2. The highest BCUT2D eigenvalue weighted by Gasteiger charge is 2.29. The third-order valence-corrected chi connectivity index (χ3v) is 5.52. The van der Waals surface area contributed by atoms with Crippen molar-refractivity contribution in [3.05, 3.63) is 95.6 Å². The third kappa shape index (κ3) is 6.59. The Bertz CT molecular complexity index is 1050. The highest BCUT2D eigenvalue weighted by molar-refractivity contribution is 5.88. The Morgan fingerprint density at radius 3 is 2.12 bits per heavy atom. The molecule has 0 aliphatic rings. The largest absolute Gasteiger partial charge is 0.497 e. The SMILES string of the molecule is CNC(=O)[C@@H](Cc1ccccc1)N(Cc1cccc(OC)c1)C(=O)Cc1ccc(OC)cc1. The molecule has 3 aromatic rings. The van der Waals surface area contributed by atoms with Crippen LogP contribution in [-0.4, -0.2) is 44.0 Å². The molecule has 2 amide bonds. The van der Waals surface area contributed by atoms with Gasteiger partial charge in [0.25, 0.3) is 0 Å². The summed E-state index contributed by atoms with van der Waals surface area (Å²) in [5.41, 5.74) is 2.73. The van der Waals surface area contributed by atoms with Crippen LogP contribution in [0.2, 0.25) is 0 Å². The Kier molecular flexibility index (Phi) is 8.47. The molecule has 0 spiro atoms. The predicted molar refractivity (Wildman–Crippen MR) is 128 cm³/mol. The van der Waals surface area contributed by atoms with Crippen LogP contribution in [-0.2, 0) is 29.0 Å². The van der Waals surface area contributed by atoms with E-state index in [-0.39, 0.29) is 24.8 Å². The van der Waals surface area contributed by atoms with Gasteiger partial charge in [-0.25, -0.2) is 0 Å². The van der Waals surface area contributed by atoms with Gasteiger partial charge >= 0.3 is 0 Å². The topological polar surface area (TPSA) is 67.9 Å². The van der Waals surface area contributed by atoms with Crippen LogP contribution in [0.4, 0.5) is 0 Å². The Morgan fingerprint density at radius 2 is 1.48 bits per heavy atom. The lowest BCUT2D eigenvalue weighted by Crippen LogP contribution is -2.50. The van der Waals surface area contributed by atoms with E-state index in [1.165, 1.54) is 0 Å². The van der Waals surface area contributed by atoms with E-state index in [0.717, 1.165) is 22.4 Å². The van der Waals surface area contributed by atoms with E-state index in [1.807, 2.05) is 78.9 Å². The Morgan fingerprint density at radius 1 is 0.818 bits per heavy atom. The van der Waals surface area contributed by atoms with Crippen molar-refractivity contribution in [1.29, 1.82) is 0 Å². The fourth-order valence-electron chi connectivity index (χ4n) is 3.71. The van der Waals surface area contributed by atoms with Crippen LogP contribution in [0.1, 0.15) is 16.7 Å². The molecule has 0 aliphatic carbocycles. The van der Waals surface area contributed by atoms with Crippen molar-refractivity contribution in [3.63, 3.8) is 0 Å². The number of nitrogens with one attached hydrogen (secondary N) is 1. The van der Waals surface area contributed by atoms with E-state index in [9.17, 15) is 9.59 Å². The van der Waals surface area contributed by atoms with Gasteiger partial charge in [0.05, 0.1) is 20.6 Å². The number of hydrogen-bond donors (Lipinski definition) is 1. The molecule has 0 saturated carbocycles. The summed E-state index contributed by atoms with van der Waals surface area (Å²) in [7, 11) is 4.81. The van der Waals surface area contributed by atoms with E-state index in [0.29, 0.717) is 12.2 Å². The van der Waals surface area contributed by atoms with Crippen LogP contribution in [0, 0.1) is 0 Å². The van der Waals surface area contributed by atoms with E-state index in [1.54, 1.807) is 26.2 Å². The molecule has 3 aromatic carbocycles. The van der Waals surface area contributed by atoms with Gasteiger partial charge in [-0.1, -0.05) is 54.6 Å². The minimum Gasteiger partial charge on any atom is -0.497 e. The summed E-state index contributed by atoms with van der Waals surface area (Å²) in [6, 6.07) is 24.0. The minimum absolute atomic E-state index is 0.132. The van der Waals surface area contributed by atoms with Crippen molar-refractivity contribution in [2.45, 2.75) is 25.4 Å². The zero-order valence-corrected chi connectivity index (χ0v) is 19.3. The van der Waals surface area contributed by atoms with E-state index < -0.39 is 6.04 Å². The summed E-state index contributed by atoms with van der Waals surface area (Å²) in [6.45, 7) is 0.289. The van der Waals surface area contributed by atoms with Gasteiger partial charge in [-0.15, -0.1) is 0 Å². The van der Waals surface area contributed by atoms with Crippen molar-refractivity contribution in [2.24, 2.45) is 0 Å². The number of hydrogen-bond acceptors (Lipinski definition) is 4. The Hall–Kier alpha value is -3.80. The molecule has 0 saturated heterocycles. The molecule has 6 heteroatoms. The van der Waals surface area contributed by atoms with Gasteiger partial charge < -0.3 is 19.7 Å². The predicted octanol–water partition coefficient (Wildman–Crippen LogP) is 3.63. The van der Waals surface area contributed by atoms with Gasteiger partial charge in [0, 0.05) is 20.0 Å². The smallest absolute Gasteiger partial charge is 0.242 e. The molecule has 0 fully saturated rings. The summed E-state index contributed by atoms with van der Waals surface area (Å²) in [4.78, 5) is 28.2. The van der Waals surface area contributed by atoms with Gasteiger partial charge in [-0.3, -0.25) is 9.59 Å². The number of carbonyl (C=O) groups excluding carboxylic acids is 2. The highest BCUT2D eigenvalue weighted by Crippen LogP contribution is 2.20. The molecule has 6 nitrogen and oxygen atoms in total. The summed E-state index contributed by atoms with van der Waals surface area (Å²) in [6.07, 6.45) is 0.592. The average molecular weight is 447 g/mol. The number of carbonyl (C=O) groups is 2. The standard InChI is InChI=1S/C27H30N2O4/c1-28-27(31)25(17-20-8-5-4-6-9-20)29(19-22-10-7-11-24(16-22)33-3)26(30)18-21-12-14-23(32-2)15-13-21/h4-16,25H,17-19H2,1-3H3,(H,28,31)/t25-/m1/s1. The van der Waals surface area contributed by atoms with Crippen molar-refractivity contribution in [1.82, 2.24) is 10.2 Å². The van der Waals surface area contributed by atoms with Crippen molar-refractivity contribution in [2.75, 3.05) is 21.3 Å². The molecule has 1 atom stereocenters. The first kappa shape index (κ1) is 23.9. The molecule has 0 unspecified atom stereocenters. The number of rotatable bonds is 10. The van der Waals surface area contributed by atoms with Gasteiger partial charge in [-0.05, 0) is 41.0 Å². The Labute approximate surface area is 195 Å². The maximum absolute atomic E-state index is 13.6. The second-order valence-electron chi connectivity index (χ2n) is 7.72. The van der Waals surface area contributed by atoms with Crippen LogP contribution in [0.25, 0.3) is 0 Å². The second-order valence-corrected chi connectivity index (χ2v) is 7.72. The normalized spacial score (nSPS) is 11.4. The van der Waals surface area contributed by atoms with Crippen LogP contribution in [0.15, 0.2) is 78.9 Å². The zero-order valence-electron chi connectivity index (χ0n) is 19.3. The van der Waals surface area contributed by atoms with Gasteiger partial charge in [0.15, 0.2) is 0 Å². The van der Waals surface area contributed by atoms with E-state index in [4.69, 9.17) is 9.47 Å². The average Bonchev–Trinajstić information content (AvgIpc) is 2.86. The van der Waals surface area contributed by atoms with E-state index in [2.05, 4.69) is 5.32 Å². The van der Waals surface area contributed by atoms with Crippen molar-refractivity contribution < 1.29 is 19.1 Å². The number of methoxy groups -OCH3 is 2. The zero-order chi connectivity index (χ0) is 23.6. The van der Waals surface area contributed by atoms with Crippen LogP contribution >= 0.6 is 0 Å². The van der Waals surface area contributed by atoms with Gasteiger partial charge in [0.2, 0.25) is 11.8 Å². The fraction of sp³-hybridized carbons (Fsp3) is 0.259. The molecule has 1 N–H and O–H groups in total. The van der Waals surface area contributed by atoms with Gasteiger partial charge in [-0.2, -0.15) is 0 Å². The van der Waals surface area contributed by atoms with Crippen molar-refractivity contribution in [3.8, 4) is 11.5 Å². The van der Waals surface area contributed by atoms with Crippen LogP contribution < -0.4 is 14.8 Å². The molecule has 33 heavy (non-hydrogen) atoms. The van der Waals surface area contributed by atoms with Crippen LogP contribution in [0.5, 0.6) is 11.5 Å². The lowest BCUT2D eigenvalue weighted by atomic mass is 10.0. The summed E-state index contributed by atoms with van der Waals surface area (Å²) in [5, 5.41) is 2.73. The molecule has 0 aliphatic heterocycles. The molecule has 0 heterocycles. The second kappa shape index (κ2) is 11.7. The first-order valence-electron chi connectivity index (χ1n) is 10.8. The first-order valence-corrected chi connectivity index (χ1v) is 10.8. The number of likely N-dealkylation sites (N-methyl/N-ethyl adjacent to an activating group) is 1. The molecule has 3 rings (SSSR count). The molecule has 172 valence electrons. The molecule has 0 aromatic heterocycles. The fourth-order valence-corrected chi connectivity index (χ4v) is 3.71. The highest BCUT2D eigenvalue weighted by atomic mass is 16.5. The molecule has 0 radical (unpaired) electrons. The lowest BCUT2D eigenvalue weighted by molar-refractivity contribution is -0.140.